The quantitative estimate of drug-likeness (QED) is 0.741. The van der Waals surface area contributed by atoms with Gasteiger partial charge < -0.3 is 4.90 Å². The van der Waals surface area contributed by atoms with Gasteiger partial charge in [-0.2, -0.15) is 4.31 Å². The van der Waals surface area contributed by atoms with E-state index in [4.69, 9.17) is 0 Å². The van der Waals surface area contributed by atoms with Gasteiger partial charge in [0.1, 0.15) is 0 Å². The molecule has 0 amide bonds. The standard InChI is InChI=1S/C11H24N2O2S/c1-10(2)11(3)9-16(14,15)13-7-5-12(4)6-8-13/h10-11H,5-9H2,1-4H3. The molecule has 0 aromatic heterocycles. The van der Waals surface area contributed by atoms with Crippen molar-refractivity contribution in [3.63, 3.8) is 0 Å². The van der Waals surface area contributed by atoms with Crippen LogP contribution in [-0.4, -0.2) is 56.6 Å². The Bertz CT molecular complexity index is 306. The molecule has 0 aromatic carbocycles. The van der Waals surface area contributed by atoms with Gasteiger partial charge in [-0.1, -0.05) is 20.8 Å². The zero-order valence-electron chi connectivity index (χ0n) is 10.8. The van der Waals surface area contributed by atoms with E-state index in [1.807, 2.05) is 14.0 Å². The molecule has 5 heteroatoms. The lowest BCUT2D eigenvalue weighted by atomic mass is 10.0. The number of nitrogens with zero attached hydrogens (tertiary/aromatic N) is 2. The Morgan fingerprint density at radius 2 is 1.56 bits per heavy atom. The van der Waals surface area contributed by atoms with E-state index in [1.165, 1.54) is 0 Å². The van der Waals surface area contributed by atoms with Crippen molar-refractivity contribution in [2.45, 2.75) is 20.8 Å². The molecule has 1 heterocycles. The first kappa shape index (κ1) is 13.9. The third kappa shape index (κ3) is 3.71. The van der Waals surface area contributed by atoms with E-state index in [0.717, 1.165) is 13.1 Å². The topological polar surface area (TPSA) is 40.6 Å². The number of sulfonamides is 1. The molecule has 0 aromatic rings. The van der Waals surface area contributed by atoms with Crippen molar-refractivity contribution in [3.8, 4) is 0 Å². The van der Waals surface area contributed by atoms with Crippen molar-refractivity contribution in [2.75, 3.05) is 39.0 Å². The molecule has 1 unspecified atom stereocenters. The maximum atomic E-state index is 12.1. The highest BCUT2D eigenvalue weighted by atomic mass is 32.2. The molecule has 0 N–H and O–H groups in total. The van der Waals surface area contributed by atoms with Crippen molar-refractivity contribution in [3.05, 3.63) is 0 Å². The highest BCUT2D eigenvalue weighted by Crippen LogP contribution is 2.16. The minimum Gasteiger partial charge on any atom is -0.304 e. The zero-order valence-corrected chi connectivity index (χ0v) is 11.6. The first-order valence-corrected chi connectivity index (χ1v) is 7.60. The van der Waals surface area contributed by atoms with Crippen LogP contribution in [0.25, 0.3) is 0 Å². The van der Waals surface area contributed by atoms with Gasteiger partial charge in [0.05, 0.1) is 5.75 Å². The molecule has 1 saturated heterocycles. The highest BCUT2D eigenvalue weighted by molar-refractivity contribution is 7.89. The molecular weight excluding hydrogens is 224 g/mol. The van der Waals surface area contributed by atoms with E-state index in [0.29, 0.717) is 19.0 Å². The zero-order chi connectivity index (χ0) is 12.3. The number of hydrogen-bond acceptors (Lipinski definition) is 3. The molecule has 0 aliphatic carbocycles. The number of rotatable bonds is 4. The Hall–Kier alpha value is -0.130. The Labute approximate surface area is 99.7 Å². The average Bonchev–Trinajstić information content (AvgIpc) is 2.17. The summed E-state index contributed by atoms with van der Waals surface area (Å²) in [6, 6.07) is 0. The number of piperazine rings is 1. The summed E-state index contributed by atoms with van der Waals surface area (Å²) < 4.78 is 25.9. The summed E-state index contributed by atoms with van der Waals surface area (Å²) in [5.41, 5.74) is 0. The van der Waals surface area contributed by atoms with E-state index >= 15 is 0 Å². The Morgan fingerprint density at radius 3 is 2.00 bits per heavy atom. The van der Waals surface area contributed by atoms with E-state index in [2.05, 4.69) is 18.7 Å². The van der Waals surface area contributed by atoms with Crippen LogP contribution in [0.4, 0.5) is 0 Å². The lowest BCUT2D eigenvalue weighted by Crippen LogP contribution is -2.48. The smallest absolute Gasteiger partial charge is 0.214 e. The Morgan fingerprint density at radius 1 is 1.06 bits per heavy atom. The van der Waals surface area contributed by atoms with E-state index in [9.17, 15) is 8.42 Å². The summed E-state index contributed by atoms with van der Waals surface area (Å²) in [6.07, 6.45) is 0. The second kappa shape index (κ2) is 5.47. The van der Waals surface area contributed by atoms with Crippen LogP contribution in [0.3, 0.4) is 0 Å². The van der Waals surface area contributed by atoms with Gasteiger partial charge in [0.25, 0.3) is 0 Å². The van der Waals surface area contributed by atoms with E-state index in [1.54, 1.807) is 4.31 Å². The second-order valence-corrected chi connectivity index (χ2v) is 7.22. The number of likely N-dealkylation sites (N-methyl/N-ethyl adjacent to an activating group) is 1. The maximum absolute atomic E-state index is 12.1. The van der Waals surface area contributed by atoms with Crippen LogP contribution in [0.5, 0.6) is 0 Å². The monoisotopic (exact) mass is 248 g/mol. The summed E-state index contributed by atoms with van der Waals surface area (Å²) in [4.78, 5) is 2.16. The molecular formula is C11H24N2O2S. The Kier molecular flexibility index (Phi) is 4.76. The number of hydrogen-bond donors (Lipinski definition) is 0. The second-order valence-electron chi connectivity index (χ2n) is 5.20. The first-order valence-electron chi connectivity index (χ1n) is 5.99. The lowest BCUT2D eigenvalue weighted by Gasteiger charge is -2.32. The van der Waals surface area contributed by atoms with Crippen LogP contribution < -0.4 is 0 Å². The lowest BCUT2D eigenvalue weighted by molar-refractivity contribution is 0.221. The summed E-state index contributed by atoms with van der Waals surface area (Å²) in [6.45, 7) is 9.13. The maximum Gasteiger partial charge on any atom is 0.214 e. The van der Waals surface area contributed by atoms with Crippen LogP contribution in [0, 0.1) is 11.8 Å². The molecule has 0 saturated carbocycles. The van der Waals surface area contributed by atoms with Gasteiger partial charge in [0.15, 0.2) is 0 Å². The largest absolute Gasteiger partial charge is 0.304 e. The first-order chi connectivity index (χ1) is 7.33. The molecule has 0 bridgehead atoms. The van der Waals surface area contributed by atoms with Crippen molar-refractivity contribution < 1.29 is 8.42 Å². The third-order valence-corrected chi connectivity index (χ3v) is 5.57. The van der Waals surface area contributed by atoms with Gasteiger partial charge in [0, 0.05) is 26.2 Å². The molecule has 1 aliphatic heterocycles. The van der Waals surface area contributed by atoms with Crippen LogP contribution in [0.1, 0.15) is 20.8 Å². The minimum absolute atomic E-state index is 0.227. The van der Waals surface area contributed by atoms with Crippen molar-refractivity contribution in [1.82, 2.24) is 9.21 Å². The normalized spacial score (nSPS) is 22.6. The SMILES string of the molecule is CC(C)C(C)CS(=O)(=O)N1CCN(C)CC1. The van der Waals surface area contributed by atoms with Crippen LogP contribution in [0.2, 0.25) is 0 Å². The van der Waals surface area contributed by atoms with Gasteiger partial charge in [-0.3, -0.25) is 0 Å². The molecule has 4 nitrogen and oxygen atoms in total. The fraction of sp³-hybridized carbons (Fsp3) is 1.00. The molecule has 96 valence electrons. The minimum atomic E-state index is -3.04. The fourth-order valence-electron chi connectivity index (χ4n) is 1.70. The van der Waals surface area contributed by atoms with Crippen LogP contribution in [0.15, 0.2) is 0 Å². The molecule has 1 rings (SSSR count). The van der Waals surface area contributed by atoms with Crippen LogP contribution in [-0.2, 0) is 10.0 Å². The van der Waals surface area contributed by atoms with Gasteiger partial charge in [-0.25, -0.2) is 8.42 Å². The Balaban J connectivity index is 2.57. The van der Waals surface area contributed by atoms with E-state index in [-0.39, 0.29) is 11.7 Å². The fourth-order valence-corrected chi connectivity index (χ4v) is 3.68. The van der Waals surface area contributed by atoms with Gasteiger partial charge >= 0.3 is 0 Å². The molecule has 16 heavy (non-hydrogen) atoms. The molecule has 1 aliphatic rings. The molecule has 0 spiro atoms. The van der Waals surface area contributed by atoms with E-state index < -0.39 is 10.0 Å². The summed E-state index contributed by atoms with van der Waals surface area (Å²) >= 11 is 0. The predicted octanol–water partition coefficient (Wildman–Crippen LogP) is 0.856. The third-order valence-electron chi connectivity index (χ3n) is 3.47. The van der Waals surface area contributed by atoms with Gasteiger partial charge in [-0.15, -0.1) is 0 Å². The van der Waals surface area contributed by atoms with Crippen molar-refractivity contribution in [2.24, 2.45) is 11.8 Å². The summed E-state index contributed by atoms with van der Waals surface area (Å²) in [7, 11) is -1.02. The van der Waals surface area contributed by atoms with Crippen molar-refractivity contribution >= 4 is 10.0 Å². The predicted molar refractivity (Wildman–Crippen MR) is 66.9 cm³/mol. The summed E-state index contributed by atoms with van der Waals surface area (Å²) in [5.74, 6) is 0.931. The highest BCUT2D eigenvalue weighted by Gasteiger charge is 2.27. The van der Waals surface area contributed by atoms with Gasteiger partial charge in [0.2, 0.25) is 10.0 Å². The van der Waals surface area contributed by atoms with Gasteiger partial charge in [-0.05, 0) is 18.9 Å². The summed E-state index contributed by atoms with van der Waals surface area (Å²) in [5, 5.41) is 0. The molecule has 1 atom stereocenters. The average molecular weight is 248 g/mol. The van der Waals surface area contributed by atoms with Crippen molar-refractivity contribution in [1.29, 1.82) is 0 Å². The van der Waals surface area contributed by atoms with Crippen LogP contribution >= 0.6 is 0 Å². The molecule has 0 radical (unpaired) electrons. The molecule has 1 fully saturated rings.